The molecule has 0 radical (unpaired) electrons. The molecule has 0 fully saturated rings. The highest BCUT2D eigenvalue weighted by Crippen LogP contribution is 2.32. The summed E-state index contributed by atoms with van der Waals surface area (Å²) in [5.74, 6) is 1.15. The monoisotopic (exact) mass is 392 g/mol. The highest BCUT2D eigenvalue weighted by Gasteiger charge is 2.14. The molecular formula is C21H14ClFN4O. The summed E-state index contributed by atoms with van der Waals surface area (Å²) in [6.07, 6.45) is 4.80. The Hall–Kier alpha value is -3.51. The molecule has 0 bridgehead atoms. The first-order valence-corrected chi connectivity index (χ1v) is 8.79. The van der Waals surface area contributed by atoms with E-state index in [1.807, 2.05) is 30.3 Å². The van der Waals surface area contributed by atoms with Gasteiger partial charge < -0.3 is 10.1 Å². The summed E-state index contributed by atoms with van der Waals surface area (Å²) in [5.41, 5.74) is 0.959. The molecule has 2 heterocycles. The van der Waals surface area contributed by atoms with Crippen molar-refractivity contribution in [3.8, 4) is 22.9 Å². The van der Waals surface area contributed by atoms with E-state index >= 15 is 0 Å². The van der Waals surface area contributed by atoms with E-state index in [4.69, 9.17) is 16.3 Å². The van der Waals surface area contributed by atoms with E-state index < -0.39 is 5.82 Å². The zero-order valence-electron chi connectivity index (χ0n) is 14.5. The predicted octanol–water partition coefficient (Wildman–Crippen LogP) is 5.87. The minimum Gasteiger partial charge on any atom is -0.452 e. The molecule has 0 saturated heterocycles. The topological polar surface area (TPSA) is 59.9 Å². The third kappa shape index (κ3) is 4.07. The summed E-state index contributed by atoms with van der Waals surface area (Å²) in [4.78, 5) is 12.7. The number of pyridine rings is 1. The van der Waals surface area contributed by atoms with Crippen LogP contribution < -0.4 is 10.1 Å². The van der Waals surface area contributed by atoms with E-state index in [0.29, 0.717) is 22.3 Å². The predicted molar refractivity (Wildman–Crippen MR) is 106 cm³/mol. The molecule has 28 heavy (non-hydrogen) atoms. The fourth-order valence-electron chi connectivity index (χ4n) is 2.52. The van der Waals surface area contributed by atoms with Gasteiger partial charge in [0.2, 0.25) is 0 Å². The van der Waals surface area contributed by atoms with Gasteiger partial charge in [-0.25, -0.2) is 14.4 Å². The second kappa shape index (κ2) is 8.02. The number of benzene rings is 2. The fourth-order valence-corrected chi connectivity index (χ4v) is 2.69. The van der Waals surface area contributed by atoms with Crippen molar-refractivity contribution in [2.45, 2.75) is 0 Å². The summed E-state index contributed by atoms with van der Waals surface area (Å²) in [6.45, 7) is 0. The van der Waals surface area contributed by atoms with Crippen LogP contribution in [0.5, 0.6) is 11.5 Å². The van der Waals surface area contributed by atoms with Gasteiger partial charge in [0, 0.05) is 23.1 Å². The maximum absolute atomic E-state index is 14.3. The number of hydrogen-bond acceptors (Lipinski definition) is 5. The minimum atomic E-state index is -0.462. The molecule has 2 aromatic heterocycles. The summed E-state index contributed by atoms with van der Waals surface area (Å²) in [5, 5.41) is 3.56. The summed E-state index contributed by atoms with van der Waals surface area (Å²) >= 11 is 6.01. The molecular weight excluding hydrogens is 379 g/mol. The van der Waals surface area contributed by atoms with E-state index in [-0.39, 0.29) is 11.4 Å². The van der Waals surface area contributed by atoms with Crippen LogP contribution in [0.2, 0.25) is 5.02 Å². The molecule has 0 aliphatic rings. The Kier molecular flexibility index (Phi) is 5.12. The number of ether oxygens (including phenoxy) is 1. The largest absolute Gasteiger partial charge is 0.452 e. The van der Waals surface area contributed by atoms with Gasteiger partial charge in [0.15, 0.2) is 17.4 Å². The third-order valence-corrected chi connectivity index (χ3v) is 4.07. The maximum atomic E-state index is 14.3. The number of para-hydroxylation sites is 1. The van der Waals surface area contributed by atoms with Crippen molar-refractivity contribution in [3.63, 3.8) is 0 Å². The maximum Gasteiger partial charge on any atom is 0.188 e. The van der Waals surface area contributed by atoms with Crippen LogP contribution in [-0.4, -0.2) is 15.0 Å². The van der Waals surface area contributed by atoms with Crippen LogP contribution >= 0.6 is 11.6 Å². The van der Waals surface area contributed by atoms with Crippen LogP contribution in [-0.2, 0) is 0 Å². The Morgan fingerprint density at radius 3 is 2.54 bits per heavy atom. The Labute approximate surface area is 165 Å². The molecule has 0 unspecified atom stereocenters. The molecule has 4 rings (SSSR count). The van der Waals surface area contributed by atoms with Gasteiger partial charge in [-0.1, -0.05) is 29.8 Å². The lowest BCUT2D eigenvalue weighted by Gasteiger charge is -2.13. The van der Waals surface area contributed by atoms with Crippen molar-refractivity contribution < 1.29 is 9.13 Å². The van der Waals surface area contributed by atoms with E-state index in [1.54, 1.807) is 24.5 Å². The zero-order valence-corrected chi connectivity index (χ0v) is 15.3. The van der Waals surface area contributed by atoms with Crippen molar-refractivity contribution in [3.05, 3.63) is 90.1 Å². The van der Waals surface area contributed by atoms with Gasteiger partial charge in [0.1, 0.15) is 11.6 Å². The quantitative estimate of drug-likeness (QED) is 0.460. The van der Waals surface area contributed by atoms with Gasteiger partial charge >= 0.3 is 0 Å². The van der Waals surface area contributed by atoms with E-state index in [1.165, 1.54) is 24.4 Å². The van der Waals surface area contributed by atoms with Crippen molar-refractivity contribution in [2.24, 2.45) is 0 Å². The second-order valence-corrected chi connectivity index (χ2v) is 6.24. The molecule has 7 heteroatoms. The number of nitrogens with one attached hydrogen (secondary N) is 1. The average molecular weight is 393 g/mol. The average Bonchev–Trinajstić information content (AvgIpc) is 2.73. The molecule has 0 aliphatic carbocycles. The summed E-state index contributed by atoms with van der Waals surface area (Å²) in [7, 11) is 0. The Morgan fingerprint density at radius 2 is 1.75 bits per heavy atom. The highest BCUT2D eigenvalue weighted by atomic mass is 35.5. The molecule has 0 saturated carbocycles. The standard InChI is InChI=1S/C21H14ClFN4O/c22-14-6-7-18(23)17(12-14)20-25-13-19(28-16-4-2-1-3-5-16)21(27-20)26-15-8-10-24-11-9-15/h1-13H,(H,24,25,26,27). The molecule has 0 atom stereocenters. The van der Waals surface area contributed by atoms with Gasteiger partial charge in [-0.05, 0) is 42.5 Å². The van der Waals surface area contributed by atoms with Crippen molar-refractivity contribution in [1.82, 2.24) is 15.0 Å². The number of anilines is 2. The molecule has 0 spiro atoms. The number of hydrogen-bond donors (Lipinski definition) is 1. The van der Waals surface area contributed by atoms with Gasteiger partial charge in [-0.15, -0.1) is 0 Å². The SMILES string of the molecule is Fc1ccc(Cl)cc1-c1ncc(Oc2ccccc2)c(Nc2ccncc2)n1. The van der Waals surface area contributed by atoms with Crippen LogP contribution in [0, 0.1) is 5.82 Å². The first kappa shape index (κ1) is 17.9. The molecule has 0 aliphatic heterocycles. The van der Waals surface area contributed by atoms with Crippen LogP contribution in [0.1, 0.15) is 0 Å². The number of nitrogens with zero attached hydrogens (tertiary/aromatic N) is 3. The molecule has 0 amide bonds. The van der Waals surface area contributed by atoms with Crippen LogP contribution in [0.15, 0.2) is 79.3 Å². The molecule has 1 N–H and O–H groups in total. The van der Waals surface area contributed by atoms with Crippen LogP contribution in [0.4, 0.5) is 15.9 Å². The van der Waals surface area contributed by atoms with Gasteiger partial charge in [0.25, 0.3) is 0 Å². The third-order valence-electron chi connectivity index (χ3n) is 3.84. The van der Waals surface area contributed by atoms with Crippen molar-refractivity contribution >= 4 is 23.1 Å². The summed E-state index contributed by atoms with van der Waals surface area (Å²) < 4.78 is 20.2. The van der Waals surface area contributed by atoms with E-state index in [0.717, 1.165) is 5.69 Å². The van der Waals surface area contributed by atoms with Crippen LogP contribution in [0.25, 0.3) is 11.4 Å². The Morgan fingerprint density at radius 1 is 0.964 bits per heavy atom. The van der Waals surface area contributed by atoms with Gasteiger partial charge in [-0.2, -0.15) is 0 Å². The molecule has 4 aromatic rings. The van der Waals surface area contributed by atoms with Crippen LogP contribution in [0.3, 0.4) is 0 Å². The Balaban J connectivity index is 1.76. The second-order valence-electron chi connectivity index (χ2n) is 5.81. The first-order valence-electron chi connectivity index (χ1n) is 8.41. The number of rotatable bonds is 5. The smallest absolute Gasteiger partial charge is 0.188 e. The van der Waals surface area contributed by atoms with Gasteiger partial charge in [-0.3, -0.25) is 4.98 Å². The Bertz CT molecular complexity index is 1090. The van der Waals surface area contributed by atoms with E-state index in [9.17, 15) is 4.39 Å². The fraction of sp³-hybridized carbons (Fsp3) is 0. The molecule has 5 nitrogen and oxygen atoms in total. The summed E-state index contributed by atoms with van der Waals surface area (Å²) in [6, 6.07) is 17.1. The lowest BCUT2D eigenvalue weighted by Crippen LogP contribution is -2.01. The lowest BCUT2D eigenvalue weighted by molar-refractivity contribution is 0.480. The van der Waals surface area contributed by atoms with Crippen molar-refractivity contribution in [2.75, 3.05) is 5.32 Å². The minimum absolute atomic E-state index is 0.192. The number of aromatic nitrogens is 3. The normalized spacial score (nSPS) is 10.5. The van der Waals surface area contributed by atoms with E-state index in [2.05, 4.69) is 20.3 Å². The molecule has 2 aromatic carbocycles. The highest BCUT2D eigenvalue weighted by molar-refractivity contribution is 6.30. The number of halogens is 2. The molecule has 138 valence electrons. The van der Waals surface area contributed by atoms with Gasteiger partial charge in [0.05, 0.1) is 11.8 Å². The van der Waals surface area contributed by atoms with Crippen molar-refractivity contribution in [1.29, 1.82) is 0 Å². The zero-order chi connectivity index (χ0) is 19.3. The first-order chi connectivity index (χ1) is 13.7. The lowest BCUT2D eigenvalue weighted by atomic mass is 10.2.